The number of imide groups is 1. The van der Waals surface area contributed by atoms with Crippen molar-refractivity contribution in [2.24, 2.45) is 5.92 Å². The van der Waals surface area contributed by atoms with Crippen LogP contribution in [0.4, 0.5) is 4.79 Å². The summed E-state index contributed by atoms with van der Waals surface area (Å²) in [5.41, 5.74) is -0.584. The van der Waals surface area contributed by atoms with Gasteiger partial charge in [0.15, 0.2) is 5.78 Å². The summed E-state index contributed by atoms with van der Waals surface area (Å²) in [6, 6.07) is 4.36. The monoisotopic (exact) mass is 360 g/mol. The van der Waals surface area contributed by atoms with E-state index in [1.807, 2.05) is 6.92 Å². The second kappa shape index (κ2) is 6.97. The Labute approximate surface area is 152 Å². The first-order valence-corrected chi connectivity index (χ1v) is 8.82. The molecule has 0 bridgehead atoms. The fourth-order valence-corrected chi connectivity index (χ4v) is 3.90. The third-order valence-corrected chi connectivity index (χ3v) is 5.51. The Morgan fingerprint density at radius 2 is 2.04 bits per heavy atom. The van der Waals surface area contributed by atoms with Crippen LogP contribution in [0.5, 0.6) is 11.5 Å². The Hall–Kier alpha value is -2.57. The topological polar surface area (TPSA) is 84.9 Å². The predicted octanol–water partition coefficient (Wildman–Crippen LogP) is 2.39. The van der Waals surface area contributed by atoms with Crippen molar-refractivity contribution < 1.29 is 23.9 Å². The fourth-order valence-electron chi connectivity index (χ4n) is 3.90. The lowest BCUT2D eigenvalue weighted by atomic mass is 9.73. The van der Waals surface area contributed by atoms with E-state index in [4.69, 9.17) is 9.47 Å². The van der Waals surface area contributed by atoms with E-state index >= 15 is 0 Å². The van der Waals surface area contributed by atoms with Crippen LogP contribution < -0.4 is 14.8 Å². The van der Waals surface area contributed by atoms with Gasteiger partial charge in [0.05, 0.1) is 26.3 Å². The largest absolute Gasteiger partial charge is 0.497 e. The smallest absolute Gasteiger partial charge is 0.325 e. The zero-order chi connectivity index (χ0) is 18.9. The van der Waals surface area contributed by atoms with E-state index in [9.17, 15) is 14.4 Å². The number of Topliss-reactive ketones (excluding diaryl/α,β-unsaturated/α-hetero) is 1. The number of nitrogens with zero attached hydrogens (tertiary/aromatic N) is 1. The van der Waals surface area contributed by atoms with Crippen molar-refractivity contribution in [2.75, 3.05) is 20.8 Å². The molecule has 7 heteroatoms. The van der Waals surface area contributed by atoms with Crippen molar-refractivity contribution in [1.82, 2.24) is 10.2 Å². The van der Waals surface area contributed by atoms with Crippen molar-refractivity contribution in [3.05, 3.63) is 23.8 Å². The summed E-state index contributed by atoms with van der Waals surface area (Å²) in [7, 11) is 2.97. The van der Waals surface area contributed by atoms with Crippen molar-refractivity contribution in [3.8, 4) is 11.5 Å². The summed E-state index contributed by atoms with van der Waals surface area (Å²) in [6.45, 7) is 1.66. The number of carbonyl (C=O) groups is 3. The minimum absolute atomic E-state index is 0.0548. The number of ether oxygens (including phenoxy) is 2. The minimum Gasteiger partial charge on any atom is -0.497 e. The molecule has 1 saturated heterocycles. The number of carbonyl (C=O) groups excluding carboxylic acids is 3. The summed E-state index contributed by atoms with van der Waals surface area (Å²) in [4.78, 5) is 39.2. The highest BCUT2D eigenvalue weighted by Crippen LogP contribution is 2.38. The second-order valence-electron chi connectivity index (χ2n) is 6.93. The van der Waals surface area contributed by atoms with Crippen molar-refractivity contribution in [1.29, 1.82) is 0 Å². The lowest BCUT2D eigenvalue weighted by Gasteiger charge is -2.36. The van der Waals surface area contributed by atoms with Crippen LogP contribution in [0.1, 0.15) is 43.0 Å². The highest BCUT2D eigenvalue weighted by Gasteiger charge is 2.55. The van der Waals surface area contributed by atoms with Gasteiger partial charge in [-0.3, -0.25) is 14.5 Å². The van der Waals surface area contributed by atoms with Crippen LogP contribution in [0.3, 0.4) is 0 Å². The number of ketones is 1. The number of nitrogens with one attached hydrogen (secondary N) is 1. The molecule has 140 valence electrons. The van der Waals surface area contributed by atoms with Gasteiger partial charge in [-0.05, 0) is 37.0 Å². The first-order chi connectivity index (χ1) is 12.4. The van der Waals surface area contributed by atoms with Gasteiger partial charge in [0.2, 0.25) is 0 Å². The molecule has 3 amide bonds. The molecule has 0 aromatic heterocycles. The van der Waals surface area contributed by atoms with Gasteiger partial charge in [-0.2, -0.15) is 0 Å². The zero-order valence-corrected chi connectivity index (χ0v) is 15.3. The van der Waals surface area contributed by atoms with Crippen molar-refractivity contribution >= 4 is 17.7 Å². The second-order valence-corrected chi connectivity index (χ2v) is 6.93. The molecule has 1 aromatic rings. The minimum atomic E-state index is -0.867. The molecule has 0 radical (unpaired) electrons. The number of hydrogen-bond donors (Lipinski definition) is 1. The van der Waals surface area contributed by atoms with Crippen LogP contribution in [0.15, 0.2) is 18.2 Å². The maximum Gasteiger partial charge on any atom is 0.325 e. The van der Waals surface area contributed by atoms with Crippen LogP contribution in [0.2, 0.25) is 0 Å². The highest BCUT2D eigenvalue weighted by molar-refractivity contribution is 6.12. The standard InChI is InChI=1S/C19H24N2O5/c1-12-6-4-5-9-19(12)17(23)21(18(24)20-19)11-15(22)14-10-13(25-2)7-8-16(14)26-3/h7-8,10,12H,4-6,9,11H2,1-3H3,(H,20,24)/t12-,19-/m1/s1. The Balaban J connectivity index is 1.84. The van der Waals surface area contributed by atoms with Crippen LogP contribution >= 0.6 is 0 Å². The Morgan fingerprint density at radius 1 is 1.27 bits per heavy atom. The number of methoxy groups -OCH3 is 2. The molecule has 26 heavy (non-hydrogen) atoms. The van der Waals surface area contributed by atoms with E-state index in [0.717, 1.165) is 24.2 Å². The molecule has 1 aliphatic carbocycles. The number of hydrogen-bond acceptors (Lipinski definition) is 5. The summed E-state index contributed by atoms with van der Waals surface area (Å²) in [5.74, 6) is 0.265. The van der Waals surface area contributed by atoms with Gasteiger partial charge in [0, 0.05) is 0 Å². The molecule has 2 fully saturated rings. The zero-order valence-electron chi connectivity index (χ0n) is 15.3. The summed E-state index contributed by atoms with van der Waals surface area (Å²) in [6.07, 6.45) is 3.44. The predicted molar refractivity (Wildman–Crippen MR) is 94.5 cm³/mol. The lowest BCUT2D eigenvalue weighted by Crippen LogP contribution is -2.54. The Bertz CT molecular complexity index is 747. The van der Waals surface area contributed by atoms with E-state index in [1.54, 1.807) is 18.2 Å². The van der Waals surface area contributed by atoms with E-state index in [0.29, 0.717) is 17.9 Å². The average molecular weight is 360 g/mol. The molecule has 2 atom stereocenters. The van der Waals surface area contributed by atoms with E-state index in [1.165, 1.54) is 14.2 Å². The Kier molecular flexibility index (Phi) is 4.89. The van der Waals surface area contributed by atoms with Crippen molar-refractivity contribution in [3.63, 3.8) is 0 Å². The molecule has 7 nitrogen and oxygen atoms in total. The van der Waals surface area contributed by atoms with Crippen LogP contribution in [-0.4, -0.2) is 48.9 Å². The molecule has 1 heterocycles. The molecular formula is C19H24N2O5. The molecular weight excluding hydrogens is 336 g/mol. The molecule has 2 aliphatic rings. The van der Waals surface area contributed by atoms with Gasteiger partial charge in [-0.25, -0.2) is 4.79 Å². The van der Waals surface area contributed by atoms with Crippen LogP contribution in [0.25, 0.3) is 0 Å². The van der Waals surface area contributed by atoms with Gasteiger partial charge in [-0.15, -0.1) is 0 Å². The molecule has 1 aliphatic heterocycles. The molecule has 1 spiro atoms. The highest BCUT2D eigenvalue weighted by atomic mass is 16.5. The Morgan fingerprint density at radius 3 is 2.69 bits per heavy atom. The first kappa shape index (κ1) is 18.2. The molecule has 1 aromatic carbocycles. The van der Waals surface area contributed by atoms with Gasteiger partial charge >= 0.3 is 6.03 Å². The normalized spacial score (nSPS) is 25.3. The SMILES string of the molecule is COc1ccc(OC)c(C(=O)CN2C(=O)N[C@@]3(CCCC[C@H]3C)C2=O)c1. The number of urea groups is 1. The van der Waals surface area contributed by atoms with Gasteiger partial charge < -0.3 is 14.8 Å². The maximum absolute atomic E-state index is 13.0. The van der Waals surface area contributed by atoms with E-state index in [2.05, 4.69) is 5.32 Å². The maximum atomic E-state index is 13.0. The van der Waals surface area contributed by atoms with Crippen LogP contribution in [-0.2, 0) is 4.79 Å². The molecule has 0 unspecified atom stereocenters. The molecule has 1 N–H and O–H groups in total. The lowest BCUT2D eigenvalue weighted by molar-refractivity contribution is -0.133. The van der Waals surface area contributed by atoms with Crippen molar-refractivity contribution in [2.45, 2.75) is 38.1 Å². The van der Waals surface area contributed by atoms with E-state index < -0.39 is 11.6 Å². The number of benzene rings is 1. The molecule has 3 rings (SSSR count). The van der Waals surface area contributed by atoms with Gasteiger partial charge in [0.1, 0.15) is 17.0 Å². The number of rotatable bonds is 5. The average Bonchev–Trinajstić information content (AvgIpc) is 2.88. The van der Waals surface area contributed by atoms with Gasteiger partial charge in [0.25, 0.3) is 5.91 Å². The van der Waals surface area contributed by atoms with Gasteiger partial charge in [-0.1, -0.05) is 19.8 Å². The van der Waals surface area contributed by atoms with Crippen LogP contribution in [0, 0.1) is 5.92 Å². The summed E-state index contributed by atoms with van der Waals surface area (Å²) < 4.78 is 10.4. The summed E-state index contributed by atoms with van der Waals surface area (Å²) >= 11 is 0. The first-order valence-electron chi connectivity index (χ1n) is 8.82. The third kappa shape index (κ3) is 2.91. The summed E-state index contributed by atoms with van der Waals surface area (Å²) in [5, 5.41) is 2.86. The third-order valence-electron chi connectivity index (χ3n) is 5.51. The van der Waals surface area contributed by atoms with E-state index in [-0.39, 0.29) is 29.7 Å². The fraction of sp³-hybridized carbons (Fsp3) is 0.526. The number of amides is 3. The quantitative estimate of drug-likeness (QED) is 0.644. The molecule has 1 saturated carbocycles.